The van der Waals surface area contributed by atoms with Gasteiger partial charge in [0.1, 0.15) is 5.60 Å². The van der Waals surface area contributed by atoms with Gasteiger partial charge in [-0.2, -0.15) is 11.3 Å². The zero-order valence-corrected chi connectivity index (χ0v) is 11.9. The number of likely N-dealkylation sites (tertiary alicyclic amines) is 1. The van der Waals surface area contributed by atoms with Crippen LogP contribution in [0.15, 0.2) is 16.8 Å². The normalized spacial score (nSPS) is 24.3. The van der Waals surface area contributed by atoms with E-state index in [-0.39, 0.29) is 6.09 Å². The molecule has 0 aliphatic carbocycles. The number of hydrogen-bond donors (Lipinski definition) is 1. The molecule has 2 heterocycles. The van der Waals surface area contributed by atoms with Crippen molar-refractivity contribution in [1.29, 1.82) is 0 Å². The van der Waals surface area contributed by atoms with E-state index in [0.717, 1.165) is 12.0 Å². The van der Waals surface area contributed by atoms with Gasteiger partial charge in [0.2, 0.25) is 0 Å². The molecular formula is C13H20N2O2S. The minimum atomic E-state index is -0.459. The fourth-order valence-electron chi connectivity index (χ4n) is 2.10. The van der Waals surface area contributed by atoms with Gasteiger partial charge in [-0.25, -0.2) is 4.79 Å². The van der Waals surface area contributed by atoms with E-state index in [9.17, 15) is 4.79 Å². The third-order valence-electron chi connectivity index (χ3n) is 3.05. The SMILES string of the molecule is CC(C)(C)OC(=O)N1CCC(N)(c2ccsc2)C1. The van der Waals surface area contributed by atoms with Crippen molar-refractivity contribution in [3.63, 3.8) is 0 Å². The van der Waals surface area contributed by atoms with Gasteiger partial charge in [0.25, 0.3) is 0 Å². The minimum Gasteiger partial charge on any atom is -0.444 e. The highest BCUT2D eigenvalue weighted by Crippen LogP contribution is 2.31. The van der Waals surface area contributed by atoms with E-state index in [1.165, 1.54) is 0 Å². The summed E-state index contributed by atoms with van der Waals surface area (Å²) in [5, 5.41) is 4.07. The molecule has 0 aromatic carbocycles. The minimum absolute atomic E-state index is 0.273. The predicted octanol–water partition coefficient (Wildman–Crippen LogP) is 2.54. The first-order chi connectivity index (χ1) is 8.30. The molecule has 4 nitrogen and oxygen atoms in total. The summed E-state index contributed by atoms with van der Waals surface area (Å²) >= 11 is 1.63. The maximum Gasteiger partial charge on any atom is 0.410 e. The Labute approximate surface area is 112 Å². The third kappa shape index (κ3) is 2.84. The maximum atomic E-state index is 12.0. The summed E-state index contributed by atoms with van der Waals surface area (Å²) in [6.45, 7) is 6.79. The zero-order valence-electron chi connectivity index (χ0n) is 11.1. The molecule has 2 N–H and O–H groups in total. The first-order valence-corrected chi connectivity index (χ1v) is 7.04. The summed E-state index contributed by atoms with van der Waals surface area (Å²) in [5.74, 6) is 0. The van der Waals surface area contributed by atoms with Crippen molar-refractivity contribution in [3.05, 3.63) is 22.4 Å². The van der Waals surface area contributed by atoms with Gasteiger partial charge in [-0.1, -0.05) is 0 Å². The lowest BCUT2D eigenvalue weighted by Gasteiger charge is -2.26. The van der Waals surface area contributed by atoms with Crippen LogP contribution in [0.4, 0.5) is 4.79 Å². The number of carbonyl (C=O) groups is 1. The van der Waals surface area contributed by atoms with Gasteiger partial charge in [0.05, 0.1) is 5.54 Å². The molecule has 100 valence electrons. The predicted molar refractivity (Wildman–Crippen MR) is 72.6 cm³/mol. The smallest absolute Gasteiger partial charge is 0.410 e. The molecule has 18 heavy (non-hydrogen) atoms. The largest absolute Gasteiger partial charge is 0.444 e. The Morgan fingerprint density at radius 2 is 2.28 bits per heavy atom. The van der Waals surface area contributed by atoms with Gasteiger partial charge in [-0.3, -0.25) is 0 Å². The van der Waals surface area contributed by atoms with Crippen LogP contribution in [0.1, 0.15) is 32.8 Å². The number of nitrogens with two attached hydrogens (primary N) is 1. The molecule has 0 saturated carbocycles. The molecule has 1 unspecified atom stereocenters. The highest BCUT2D eigenvalue weighted by Gasteiger charge is 2.39. The molecule has 2 rings (SSSR count). The number of hydrogen-bond acceptors (Lipinski definition) is 4. The number of thiophene rings is 1. The van der Waals surface area contributed by atoms with Gasteiger partial charge < -0.3 is 15.4 Å². The van der Waals surface area contributed by atoms with E-state index in [2.05, 4.69) is 5.38 Å². The Kier molecular flexibility index (Phi) is 3.38. The number of nitrogens with zero attached hydrogens (tertiary/aromatic N) is 1. The highest BCUT2D eigenvalue weighted by molar-refractivity contribution is 7.08. The quantitative estimate of drug-likeness (QED) is 0.851. The molecule has 1 amide bonds. The molecule has 0 radical (unpaired) electrons. The Hall–Kier alpha value is -1.07. The number of ether oxygens (including phenoxy) is 1. The topological polar surface area (TPSA) is 55.6 Å². The van der Waals surface area contributed by atoms with Crippen LogP contribution in [0.2, 0.25) is 0 Å². The molecule has 1 aliphatic rings. The van der Waals surface area contributed by atoms with Crippen molar-refractivity contribution in [2.45, 2.75) is 38.3 Å². The Bertz CT molecular complexity index is 425. The molecule has 1 aromatic rings. The molecule has 1 atom stereocenters. The van der Waals surface area contributed by atoms with Crippen LogP contribution in [-0.4, -0.2) is 29.7 Å². The van der Waals surface area contributed by atoms with Crippen LogP contribution in [0.5, 0.6) is 0 Å². The second-order valence-electron chi connectivity index (χ2n) is 5.82. The van der Waals surface area contributed by atoms with Crippen LogP contribution in [0.25, 0.3) is 0 Å². The van der Waals surface area contributed by atoms with Crippen LogP contribution in [-0.2, 0) is 10.3 Å². The summed E-state index contributed by atoms with van der Waals surface area (Å²) in [6.07, 6.45) is 0.508. The van der Waals surface area contributed by atoms with Crippen molar-refractivity contribution < 1.29 is 9.53 Å². The highest BCUT2D eigenvalue weighted by atomic mass is 32.1. The second-order valence-corrected chi connectivity index (χ2v) is 6.60. The zero-order chi connectivity index (χ0) is 13.4. The van der Waals surface area contributed by atoms with E-state index in [1.807, 2.05) is 32.2 Å². The van der Waals surface area contributed by atoms with E-state index < -0.39 is 11.1 Å². The van der Waals surface area contributed by atoms with Gasteiger partial charge in [0, 0.05) is 13.1 Å². The van der Waals surface area contributed by atoms with Gasteiger partial charge in [0.15, 0.2) is 0 Å². The van der Waals surface area contributed by atoms with E-state index in [0.29, 0.717) is 13.1 Å². The van der Waals surface area contributed by atoms with E-state index >= 15 is 0 Å². The fraction of sp³-hybridized carbons (Fsp3) is 0.615. The number of carbonyl (C=O) groups excluding carboxylic acids is 1. The Balaban J connectivity index is 2.02. The molecule has 0 spiro atoms. The average molecular weight is 268 g/mol. The van der Waals surface area contributed by atoms with Crippen molar-refractivity contribution in [2.75, 3.05) is 13.1 Å². The molecule has 5 heteroatoms. The fourth-order valence-corrected chi connectivity index (χ4v) is 2.86. The van der Waals surface area contributed by atoms with Gasteiger partial charge in [-0.05, 0) is 49.6 Å². The molecule has 1 aliphatic heterocycles. The molecule has 0 bridgehead atoms. The van der Waals surface area contributed by atoms with Crippen LogP contribution >= 0.6 is 11.3 Å². The van der Waals surface area contributed by atoms with Crippen molar-refractivity contribution in [1.82, 2.24) is 4.90 Å². The lowest BCUT2D eigenvalue weighted by molar-refractivity contribution is 0.0284. The van der Waals surface area contributed by atoms with Crippen molar-refractivity contribution >= 4 is 17.4 Å². The van der Waals surface area contributed by atoms with Crippen LogP contribution in [0.3, 0.4) is 0 Å². The van der Waals surface area contributed by atoms with E-state index in [1.54, 1.807) is 16.2 Å². The first-order valence-electron chi connectivity index (χ1n) is 6.10. The third-order valence-corrected chi connectivity index (χ3v) is 3.73. The van der Waals surface area contributed by atoms with Crippen molar-refractivity contribution in [3.8, 4) is 0 Å². The summed E-state index contributed by atoms with van der Waals surface area (Å²) in [6, 6.07) is 2.03. The summed E-state index contributed by atoms with van der Waals surface area (Å²) < 4.78 is 5.37. The monoisotopic (exact) mass is 268 g/mol. The first kappa shape index (κ1) is 13.4. The summed E-state index contributed by atoms with van der Waals surface area (Å²) in [7, 11) is 0. The lowest BCUT2D eigenvalue weighted by atomic mass is 9.93. The van der Waals surface area contributed by atoms with E-state index in [4.69, 9.17) is 10.5 Å². The molecule has 1 saturated heterocycles. The summed E-state index contributed by atoms with van der Waals surface area (Å²) in [4.78, 5) is 13.7. The second kappa shape index (κ2) is 4.55. The van der Waals surface area contributed by atoms with Gasteiger partial charge in [-0.15, -0.1) is 0 Å². The molecular weight excluding hydrogens is 248 g/mol. The van der Waals surface area contributed by atoms with Gasteiger partial charge >= 0.3 is 6.09 Å². The number of amides is 1. The summed E-state index contributed by atoms with van der Waals surface area (Å²) in [5.41, 5.74) is 6.61. The van der Waals surface area contributed by atoms with Crippen LogP contribution < -0.4 is 5.73 Å². The average Bonchev–Trinajstić information content (AvgIpc) is 2.83. The maximum absolute atomic E-state index is 12.0. The lowest BCUT2D eigenvalue weighted by Crippen LogP contribution is -2.42. The number of rotatable bonds is 1. The molecule has 1 aromatic heterocycles. The Morgan fingerprint density at radius 1 is 1.56 bits per heavy atom. The Morgan fingerprint density at radius 3 is 2.83 bits per heavy atom. The standard InChI is InChI=1S/C13H20N2O2S/c1-12(2,3)17-11(16)15-6-5-13(14,9-15)10-4-7-18-8-10/h4,7-8H,5-6,9,14H2,1-3H3. The molecule has 1 fully saturated rings. The van der Waals surface area contributed by atoms with Crippen LogP contribution in [0, 0.1) is 0 Å². The van der Waals surface area contributed by atoms with Crippen molar-refractivity contribution in [2.24, 2.45) is 5.73 Å².